The molecule has 1 aromatic rings. The Morgan fingerprint density at radius 1 is 1.67 bits per heavy atom. The van der Waals surface area contributed by atoms with Gasteiger partial charge in [0.05, 0.1) is 12.7 Å². The van der Waals surface area contributed by atoms with E-state index in [0.29, 0.717) is 4.31 Å². The van der Waals surface area contributed by atoms with Crippen LogP contribution in [0.4, 0.5) is 14.6 Å². The molecular weight excluding hydrogens is 230 g/mol. The van der Waals surface area contributed by atoms with Crippen molar-refractivity contribution < 1.29 is 17.2 Å². The van der Waals surface area contributed by atoms with E-state index in [9.17, 15) is 17.2 Å². The first kappa shape index (κ1) is 11.9. The van der Waals surface area contributed by atoms with Crippen LogP contribution in [0.1, 0.15) is 0 Å². The number of nitrogens with zero attached hydrogens (tertiary/aromatic N) is 2. The summed E-state index contributed by atoms with van der Waals surface area (Å²) in [6, 6.07) is 0. The van der Waals surface area contributed by atoms with E-state index in [1.807, 2.05) is 0 Å². The number of hydrogen-bond acceptors (Lipinski definition) is 4. The number of anilines is 1. The second kappa shape index (κ2) is 4.11. The number of nitrogens with two attached hydrogens (primary N) is 1. The van der Waals surface area contributed by atoms with Crippen LogP contribution in [-0.4, -0.2) is 42.9 Å². The van der Waals surface area contributed by atoms with Crippen LogP contribution in [0.2, 0.25) is 0 Å². The van der Waals surface area contributed by atoms with Gasteiger partial charge in [-0.25, -0.2) is 17.2 Å². The second-order valence-corrected chi connectivity index (χ2v) is 4.84. The molecular formula is C6H10F2N4O2S. The fourth-order valence-corrected chi connectivity index (χ4v) is 2.11. The minimum atomic E-state index is -3.99. The Hall–Kier alpha value is -1.22. The van der Waals surface area contributed by atoms with Gasteiger partial charge in [0.1, 0.15) is 10.7 Å². The van der Waals surface area contributed by atoms with Crippen molar-refractivity contribution in [3.8, 4) is 0 Å². The highest BCUT2D eigenvalue weighted by Crippen LogP contribution is 2.18. The van der Waals surface area contributed by atoms with Crippen LogP contribution in [0, 0.1) is 0 Å². The number of sulfonamides is 1. The van der Waals surface area contributed by atoms with Gasteiger partial charge in [0.25, 0.3) is 6.43 Å². The van der Waals surface area contributed by atoms with Crippen molar-refractivity contribution in [3.63, 3.8) is 0 Å². The maximum atomic E-state index is 12.0. The first-order valence-corrected chi connectivity index (χ1v) is 5.33. The SMILES string of the molecule is CN(CC(F)F)S(=O)(=O)c1cn[nH]c1N. The Kier molecular flexibility index (Phi) is 3.25. The fraction of sp³-hybridized carbons (Fsp3) is 0.500. The number of rotatable bonds is 4. The Balaban J connectivity index is 2.99. The molecule has 0 amide bonds. The van der Waals surface area contributed by atoms with Crippen LogP contribution >= 0.6 is 0 Å². The predicted molar refractivity (Wildman–Crippen MR) is 48.8 cm³/mol. The van der Waals surface area contributed by atoms with Gasteiger partial charge in [-0.05, 0) is 0 Å². The van der Waals surface area contributed by atoms with Gasteiger partial charge in [-0.2, -0.15) is 9.40 Å². The summed E-state index contributed by atoms with van der Waals surface area (Å²) >= 11 is 0. The third-order valence-electron chi connectivity index (χ3n) is 1.72. The first-order valence-electron chi connectivity index (χ1n) is 3.89. The Morgan fingerprint density at radius 3 is 2.67 bits per heavy atom. The van der Waals surface area contributed by atoms with Gasteiger partial charge in [0, 0.05) is 7.05 Å². The highest BCUT2D eigenvalue weighted by molar-refractivity contribution is 7.89. The molecule has 0 unspecified atom stereocenters. The summed E-state index contributed by atoms with van der Waals surface area (Å²) in [5, 5.41) is 5.62. The molecule has 3 N–H and O–H groups in total. The number of nitrogen functional groups attached to an aromatic ring is 1. The minimum absolute atomic E-state index is 0.170. The van der Waals surface area contributed by atoms with E-state index >= 15 is 0 Å². The zero-order valence-electron chi connectivity index (χ0n) is 7.81. The molecule has 15 heavy (non-hydrogen) atoms. The number of hydrogen-bond donors (Lipinski definition) is 2. The molecule has 9 heteroatoms. The van der Waals surface area contributed by atoms with E-state index in [0.717, 1.165) is 13.2 Å². The molecule has 0 aliphatic carbocycles. The molecule has 0 atom stereocenters. The molecule has 0 bridgehead atoms. The Morgan fingerprint density at radius 2 is 2.27 bits per heavy atom. The lowest BCUT2D eigenvalue weighted by Crippen LogP contribution is -2.31. The molecule has 0 saturated heterocycles. The fourth-order valence-electron chi connectivity index (χ4n) is 0.951. The van der Waals surface area contributed by atoms with Crippen LogP contribution in [0.3, 0.4) is 0 Å². The molecule has 1 heterocycles. The standard InChI is InChI=1S/C6H10F2N4O2S/c1-12(3-5(7)8)15(13,14)4-2-10-11-6(4)9/h2,5H,3H2,1H3,(H3,9,10,11). The zero-order chi connectivity index (χ0) is 11.6. The van der Waals surface area contributed by atoms with E-state index in [1.54, 1.807) is 0 Å². The van der Waals surface area contributed by atoms with Gasteiger partial charge >= 0.3 is 0 Å². The molecule has 1 rings (SSSR count). The highest BCUT2D eigenvalue weighted by atomic mass is 32.2. The van der Waals surface area contributed by atoms with Gasteiger partial charge < -0.3 is 5.73 Å². The largest absolute Gasteiger partial charge is 0.383 e. The van der Waals surface area contributed by atoms with E-state index < -0.39 is 23.0 Å². The summed E-state index contributed by atoms with van der Waals surface area (Å²) < 4.78 is 47.7. The number of H-pyrrole nitrogens is 1. The van der Waals surface area contributed by atoms with Crippen LogP contribution in [0.25, 0.3) is 0 Å². The third-order valence-corrected chi connectivity index (χ3v) is 3.57. The van der Waals surface area contributed by atoms with E-state index in [2.05, 4.69) is 10.2 Å². The molecule has 0 aliphatic heterocycles. The van der Waals surface area contributed by atoms with Crippen LogP contribution < -0.4 is 5.73 Å². The topological polar surface area (TPSA) is 92.1 Å². The van der Waals surface area contributed by atoms with Crippen molar-refractivity contribution >= 4 is 15.8 Å². The summed E-state index contributed by atoms with van der Waals surface area (Å²) in [4.78, 5) is -0.300. The number of halogens is 2. The van der Waals surface area contributed by atoms with Gasteiger partial charge in [-0.3, -0.25) is 5.10 Å². The van der Waals surface area contributed by atoms with E-state index in [4.69, 9.17) is 5.73 Å². The molecule has 0 saturated carbocycles. The Bertz CT molecular complexity index is 430. The maximum Gasteiger partial charge on any atom is 0.252 e. The monoisotopic (exact) mass is 240 g/mol. The van der Waals surface area contributed by atoms with Gasteiger partial charge in [0.15, 0.2) is 0 Å². The highest BCUT2D eigenvalue weighted by Gasteiger charge is 2.26. The number of alkyl halides is 2. The summed E-state index contributed by atoms with van der Waals surface area (Å²) in [7, 11) is -2.94. The number of nitrogens with one attached hydrogen (secondary N) is 1. The molecule has 0 radical (unpaired) electrons. The zero-order valence-corrected chi connectivity index (χ0v) is 8.63. The summed E-state index contributed by atoms with van der Waals surface area (Å²) in [6.45, 7) is -0.882. The lowest BCUT2D eigenvalue weighted by atomic mass is 10.7. The number of aromatic amines is 1. The summed E-state index contributed by atoms with van der Waals surface area (Å²) in [5.41, 5.74) is 5.28. The van der Waals surface area contributed by atoms with Crippen LogP contribution in [0.15, 0.2) is 11.1 Å². The lowest BCUT2D eigenvalue weighted by molar-refractivity contribution is 0.126. The average molecular weight is 240 g/mol. The van der Waals surface area contributed by atoms with Crippen molar-refractivity contribution in [2.75, 3.05) is 19.3 Å². The third kappa shape index (κ3) is 2.42. The second-order valence-electron chi connectivity index (χ2n) is 2.82. The molecule has 0 spiro atoms. The van der Waals surface area contributed by atoms with E-state index in [1.165, 1.54) is 0 Å². The van der Waals surface area contributed by atoms with Gasteiger partial charge in [-0.15, -0.1) is 0 Å². The average Bonchev–Trinajstić information content (AvgIpc) is 2.50. The summed E-state index contributed by atoms with van der Waals surface area (Å²) in [5.74, 6) is -0.170. The van der Waals surface area contributed by atoms with E-state index in [-0.39, 0.29) is 10.7 Å². The number of aromatic nitrogens is 2. The molecule has 0 fully saturated rings. The van der Waals surface area contributed by atoms with Crippen molar-refractivity contribution in [3.05, 3.63) is 6.20 Å². The van der Waals surface area contributed by atoms with Crippen molar-refractivity contribution in [2.24, 2.45) is 0 Å². The summed E-state index contributed by atoms with van der Waals surface area (Å²) in [6.07, 6.45) is -1.76. The molecule has 0 aliphatic rings. The Labute approximate surface area is 85.1 Å². The van der Waals surface area contributed by atoms with Crippen LogP contribution in [0.5, 0.6) is 0 Å². The van der Waals surface area contributed by atoms with Crippen molar-refractivity contribution in [1.82, 2.24) is 14.5 Å². The van der Waals surface area contributed by atoms with Gasteiger partial charge in [-0.1, -0.05) is 0 Å². The molecule has 6 nitrogen and oxygen atoms in total. The molecule has 86 valence electrons. The maximum absolute atomic E-state index is 12.0. The minimum Gasteiger partial charge on any atom is -0.383 e. The normalized spacial score (nSPS) is 12.6. The smallest absolute Gasteiger partial charge is 0.252 e. The van der Waals surface area contributed by atoms with Gasteiger partial charge in [0.2, 0.25) is 10.0 Å². The van der Waals surface area contributed by atoms with Crippen molar-refractivity contribution in [1.29, 1.82) is 0 Å². The van der Waals surface area contributed by atoms with Crippen LogP contribution in [-0.2, 0) is 10.0 Å². The van der Waals surface area contributed by atoms with Crippen molar-refractivity contribution in [2.45, 2.75) is 11.3 Å². The molecule has 0 aromatic carbocycles. The lowest BCUT2D eigenvalue weighted by Gasteiger charge is -2.15. The predicted octanol–water partition coefficient (Wildman–Crippen LogP) is -0.122. The first-order chi connectivity index (χ1) is 6.85. The quantitative estimate of drug-likeness (QED) is 0.767. The molecule has 1 aromatic heterocycles.